The number of carbonyl (C=O) groups is 1. The van der Waals surface area contributed by atoms with Crippen LogP contribution >= 0.6 is 11.8 Å². The normalized spacial score (nSPS) is 15.9. The molecular weight excluding hydrogens is 210 g/mol. The van der Waals surface area contributed by atoms with Gasteiger partial charge in [0.1, 0.15) is 6.04 Å². The van der Waals surface area contributed by atoms with Crippen molar-refractivity contribution in [2.24, 2.45) is 5.73 Å². The summed E-state index contributed by atoms with van der Waals surface area (Å²) in [5.41, 5.74) is 7.89. The van der Waals surface area contributed by atoms with Crippen LogP contribution in [0.5, 0.6) is 0 Å². The smallest absolute Gasteiger partial charge is 0.327 e. The second-order valence-corrected chi connectivity index (χ2v) is 4.60. The predicted octanol–water partition coefficient (Wildman–Crippen LogP) is 1.51. The van der Waals surface area contributed by atoms with Gasteiger partial charge in [-0.3, -0.25) is 4.79 Å². The highest BCUT2D eigenvalue weighted by Crippen LogP contribution is 2.32. The van der Waals surface area contributed by atoms with E-state index < -0.39 is 6.04 Å². The molecule has 2 N–H and O–H groups in total. The number of carbonyl (C=O) groups excluding carboxylic acids is 1. The Hall–Kier alpha value is -1.00. The maximum Gasteiger partial charge on any atom is 0.327 e. The number of fused-ring (bicyclic) bond motifs is 1. The lowest BCUT2D eigenvalue weighted by molar-refractivity contribution is -0.142. The van der Waals surface area contributed by atoms with Crippen molar-refractivity contribution in [1.29, 1.82) is 0 Å². The molecule has 1 atom stereocenters. The summed E-state index contributed by atoms with van der Waals surface area (Å²) in [5.74, 6) is 0.729. The lowest BCUT2D eigenvalue weighted by Crippen LogP contribution is -2.22. The van der Waals surface area contributed by atoms with Crippen molar-refractivity contribution < 1.29 is 9.53 Å². The van der Waals surface area contributed by atoms with Crippen LogP contribution in [-0.4, -0.2) is 18.8 Å². The average molecular weight is 223 g/mol. The predicted molar refractivity (Wildman–Crippen MR) is 59.8 cm³/mol. The molecule has 1 aromatic carbocycles. The van der Waals surface area contributed by atoms with E-state index in [0.717, 1.165) is 17.7 Å². The summed E-state index contributed by atoms with van der Waals surface area (Å²) in [6.45, 7) is 0. The van der Waals surface area contributed by atoms with Crippen molar-refractivity contribution in [3.63, 3.8) is 0 Å². The fourth-order valence-corrected chi connectivity index (χ4v) is 2.72. The van der Waals surface area contributed by atoms with Crippen molar-refractivity contribution in [2.75, 3.05) is 12.9 Å². The minimum Gasteiger partial charge on any atom is -0.468 e. The average Bonchev–Trinajstić information content (AvgIpc) is 2.73. The lowest BCUT2D eigenvalue weighted by atomic mass is 10.0. The van der Waals surface area contributed by atoms with Gasteiger partial charge < -0.3 is 10.5 Å². The highest BCUT2D eigenvalue weighted by Gasteiger charge is 2.19. The quantitative estimate of drug-likeness (QED) is 0.772. The molecule has 0 saturated heterocycles. The van der Waals surface area contributed by atoms with Crippen molar-refractivity contribution >= 4 is 17.7 Å². The van der Waals surface area contributed by atoms with Gasteiger partial charge in [-0.05, 0) is 23.6 Å². The number of aryl methyl sites for hydroxylation is 1. The number of benzene rings is 1. The standard InChI is InChI=1S/C11H13NO2S/c1-14-11(13)10(12)8-2-3-9-7(6-8)4-5-15-9/h2-3,6,10H,4-5,12H2,1H3. The molecule has 0 saturated carbocycles. The minimum absolute atomic E-state index is 0.388. The molecule has 0 bridgehead atoms. The van der Waals surface area contributed by atoms with Crippen LogP contribution in [0.3, 0.4) is 0 Å². The molecule has 0 spiro atoms. The van der Waals surface area contributed by atoms with E-state index in [0.29, 0.717) is 0 Å². The number of hydrogen-bond donors (Lipinski definition) is 1. The van der Waals surface area contributed by atoms with Gasteiger partial charge in [-0.15, -0.1) is 11.8 Å². The van der Waals surface area contributed by atoms with E-state index in [9.17, 15) is 4.79 Å². The van der Waals surface area contributed by atoms with Crippen LogP contribution in [0.25, 0.3) is 0 Å². The second-order valence-electron chi connectivity index (χ2n) is 3.47. The van der Waals surface area contributed by atoms with E-state index in [1.54, 1.807) is 0 Å². The summed E-state index contributed by atoms with van der Waals surface area (Å²) in [4.78, 5) is 12.6. The summed E-state index contributed by atoms with van der Waals surface area (Å²) < 4.78 is 4.62. The van der Waals surface area contributed by atoms with E-state index in [-0.39, 0.29) is 5.97 Å². The minimum atomic E-state index is -0.661. The van der Waals surface area contributed by atoms with E-state index >= 15 is 0 Å². The first kappa shape index (κ1) is 10.5. The van der Waals surface area contributed by atoms with Crippen molar-refractivity contribution in [2.45, 2.75) is 17.4 Å². The van der Waals surface area contributed by atoms with Gasteiger partial charge in [-0.2, -0.15) is 0 Å². The number of hydrogen-bond acceptors (Lipinski definition) is 4. The summed E-state index contributed by atoms with van der Waals surface area (Å²) in [6, 6.07) is 5.28. The van der Waals surface area contributed by atoms with Crippen LogP contribution < -0.4 is 5.73 Å². The van der Waals surface area contributed by atoms with Crippen LogP contribution in [0.4, 0.5) is 0 Å². The molecular formula is C11H13NO2S. The number of methoxy groups -OCH3 is 1. The van der Waals surface area contributed by atoms with Crippen molar-refractivity contribution in [1.82, 2.24) is 0 Å². The van der Waals surface area contributed by atoms with Gasteiger partial charge >= 0.3 is 5.97 Å². The van der Waals surface area contributed by atoms with Gasteiger partial charge in [0.15, 0.2) is 0 Å². The molecule has 15 heavy (non-hydrogen) atoms. The molecule has 3 nitrogen and oxygen atoms in total. The summed E-state index contributed by atoms with van der Waals surface area (Å²) in [7, 11) is 1.35. The zero-order valence-electron chi connectivity index (χ0n) is 8.53. The monoisotopic (exact) mass is 223 g/mol. The first-order valence-corrected chi connectivity index (χ1v) is 5.80. The lowest BCUT2D eigenvalue weighted by Gasteiger charge is -2.10. The maximum atomic E-state index is 11.3. The fourth-order valence-electron chi connectivity index (χ4n) is 1.66. The van der Waals surface area contributed by atoms with Gasteiger partial charge in [-0.1, -0.05) is 12.1 Å². The molecule has 0 aliphatic carbocycles. The Labute approximate surface area is 93.0 Å². The van der Waals surface area contributed by atoms with Crippen LogP contribution in [0, 0.1) is 0 Å². The Balaban J connectivity index is 2.26. The molecule has 1 aliphatic heterocycles. The molecule has 1 heterocycles. The van der Waals surface area contributed by atoms with Gasteiger partial charge in [-0.25, -0.2) is 0 Å². The number of rotatable bonds is 2. The molecule has 2 rings (SSSR count). The molecule has 0 aromatic heterocycles. The van der Waals surface area contributed by atoms with Gasteiger partial charge in [0, 0.05) is 10.6 Å². The Morgan fingerprint density at radius 3 is 3.13 bits per heavy atom. The zero-order valence-corrected chi connectivity index (χ0v) is 9.34. The molecule has 1 aromatic rings. The molecule has 1 aliphatic rings. The first-order chi connectivity index (χ1) is 7.22. The van der Waals surface area contributed by atoms with Crippen LogP contribution in [0.15, 0.2) is 23.1 Å². The molecule has 0 fully saturated rings. The third-order valence-electron chi connectivity index (χ3n) is 2.53. The van der Waals surface area contributed by atoms with E-state index in [1.807, 2.05) is 30.0 Å². The molecule has 0 radical (unpaired) electrons. The number of nitrogens with two attached hydrogens (primary N) is 1. The van der Waals surface area contributed by atoms with Crippen LogP contribution in [-0.2, 0) is 16.0 Å². The van der Waals surface area contributed by atoms with Crippen molar-refractivity contribution in [3.05, 3.63) is 29.3 Å². The molecule has 0 amide bonds. The van der Waals surface area contributed by atoms with Crippen LogP contribution in [0.2, 0.25) is 0 Å². The number of ether oxygens (including phenoxy) is 1. The SMILES string of the molecule is COC(=O)C(N)c1ccc2c(c1)CCS2. The number of thioether (sulfide) groups is 1. The summed E-state index contributed by atoms with van der Waals surface area (Å²) in [5, 5.41) is 0. The Morgan fingerprint density at radius 1 is 1.60 bits per heavy atom. The highest BCUT2D eigenvalue weighted by atomic mass is 32.2. The van der Waals surface area contributed by atoms with Crippen molar-refractivity contribution in [3.8, 4) is 0 Å². The first-order valence-electron chi connectivity index (χ1n) is 4.81. The third-order valence-corrected chi connectivity index (χ3v) is 3.65. The summed E-state index contributed by atoms with van der Waals surface area (Å²) in [6.07, 6.45) is 1.06. The van der Waals surface area contributed by atoms with Crippen LogP contribution in [0.1, 0.15) is 17.2 Å². The topological polar surface area (TPSA) is 52.3 Å². The van der Waals surface area contributed by atoms with E-state index in [1.165, 1.54) is 17.6 Å². The van der Waals surface area contributed by atoms with E-state index in [4.69, 9.17) is 5.73 Å². The van der Waals surface area contributed by atoms with Gasteiger partial charge in [0.2, 0.25) is 0 Å². The zero-order chi connectivity index (χ0) is 10.8. The molecule has 80 valence electrons. The Kier molecular flexibility index (Phi) is 2.98. The largest absolute Gasteiger partial charge is 0.468 e. The fraction of sp³-hybridized carbons (Fsp3) is 0.364. The number of esters is 1. The Bertz CT molecular complexity index is 392. The second kappa shape index (κ2) is 4.24. The maximum absolute atomic E-state index is 11.3. The van der Waals surface area contributed by atoms with E-state index in [2.05, 4.69) is 4.74 Å². The van der Waals surface area contributed by atoms with Gasteiger partial charge in [0.05, 0.1) is 7.11 Å². The third kappa shape index (κ3) is 2.01. The summed E-state index contributed by atoms with van der Waals surface area (Å²) >= 11 is 1.85. The molecule has 1 unspecified atom stereocenters. The Morgan fingerprint density at radius 2 is 2.40 bits per heavy atom. The van der Waals surface area contributed by atoms with Gasteiger partial charge in [0.25, 0.3) is 0 Å². The highest BCUT2D eigenvalue weighted by molar-refractivity contribution is 7.99. The molecule has 4 heteroatoms.